The summed E-state index contributed by atoms with van der Waals surface area (Å²) in [5.41, 5.74) is 1.37. The molecule has 4 nitrogen and oxygen atoms in total. The van der Waals surface area contributed by atoms with Crippen LogP contribution >= 0.6 is 0 Å². The zero-order valence-corrected chi connectivity index (χ0v) is 16.4. The van der Waals surface area contributed by atoms with Gasteiger partial charge >= 0.3 is 0 Å². The second-order valence-corrected chi connectivity index (χ2v) is 8.53. The van der Waals surface area contributed by atoms with Gasteiger partial charge in [0.05, 0.1) is 0 Å². The molecule has 4 heteroatoms. The van der Waals surface area contributed by atoms with Gasteiger partial charge in [0.25, 0.3) is 0 Å². The maximum Gasteiger partial charge on any atom is 0.161 e. The van der Waals surface area contributed by atoms with Crippen LogP contribution < -0.4 is 14.8 Å². The van der Waals surface area contributed by atoms with Crippen LogP contribution in [-0.4, -0.2) is 42.8 Å². The largest absolute Gasteiger partial charge is 0.486 e. The van der Waals surface area contributed by atoms with Crippen molar-refractivity contribution in [2.45, 2.75) is 50.4 Å². The first kappa shape index (κ1) is 18.0. The summed E-state index contributed by atoms with van der Waals surface area (Å²) in [5.74, 6) is 2.57. The molecule has 0 aromatic heterocycles. The van der Waals surface area contributed by atoms with Gasteiger partial charge < -0.3 is 14.8 Å². The third-order valence-corrected chi connectivity index (χ3v) is 6.57. The summed E-state index contributed by atoms with van der Waals surface area (Å²) in [6.45, 7) is 3.76. The number of ether oxygens (including phenoxy) is 2. The molecule has 3 unspecified atom stereocenters. The minimum absolute atomic E-state index is 0.144. The van der Waals surface area contributed by atoms with Gasteiger partial charge in [-0.15, -0.1) is 0 Å². The highest BCUT2D eigenvalue weighted by Gasteiger charge is 2.41. The number of rotatable bonds is 6. The molecule has 5 rings (SSSR count). The van der Waals surface area contributed by atoms with Crippen molar-refractivity contribution in [1.82, 2.24) is 10.2 Å². The summed E-state index contributed by atoms with van der Waals surface area (Å²) in [4.78, 5) is 2.72. The molecule has 2 aromatic rings. The highest BCUT2D eigenvalue weighted by molar-refractivity contribution is 5.40. The fourth-order valence-electron chi connectivity index (χ4n) is 5.26. The van der Waals surface area contributed by atoms with E-state index in [1.807, 2.05) is 24.3 Å². The van der Waals surface area contributed by atoms with E-state index in [4.69, 9.17) is 9.47 Å². The van der Waals surface area contributed by atoms with Gasteiger partial charge in [0.15, 0.2) is 11.5 Å². The summed E-state index contributed by atoms with van der Waals surface area (Å²) >= 11 is 0. The predicted octanol–water partition coefficient (Wildman–Crippen LogP) is 3.86. The lowest BCUT2D eigenvalue weighted by Crippen LogP contribution is -2.50. The molecule has 148 valence electrons. The van der Waals surface area contributed by atoms with Gasteiger partial charge in [-0.2, -0.15) is 0 Å². The number of hydrogen-bond donors (Lipinski definition) is 1. The minimum atomic E-state index is 0.144. The normalized spacial score (nSPS) is 29.0. The van der Waals surface area contributed by atoms with Crippen molar-refractivity contribution in [3.63, 3.8) is 0 Å². The van der Waals surface area contributed by atoms with Gasteiger partial charge in [-0.3, -0.25) is 4.90 Å². The van der Waals surface area contributed by atoms with E-state index >= 15 is 0 Å². The molecule has 28 heavy (non-hydrogen) atoms. The zero-order chi connectivity index (χ0) is 18.8. The fourth-order valence-corrected chi connectivity index (χ4v) is 5.26. The Morgan fingerprint density at radius 2 is 1.61 bits per heavy atom. The Labute approximate surface area is 167 Å². The topological polar surface area (TPSA) is 33.7 Å². The standard InChI is InChI=1S/C24H30N2O2/c1-2-6-18(7-3-1)14-25-15-19-12-20-10-11-21(13-19)26(20)16-22-17-27-23-8-4-5-9-24(23)28-22/h1-9,19-22,25H,10-17H2. The molecule has 0 amide bonds. The summed E-state index contributed by atoms with van der Waals surface area (Å²) < 4.78 is 12.1. The van der Waals surface area contributed by atoms with E-state index in [0.29, 0.717) is 18.7 Å². The Bertz CT molecular complexity index is 767. The minimum Gasteiger partial charge on any atom is -0.486 e. The van der Waals surface area contributed by atoms with Crippen molar-refractivity contribution < 1.29 is 9.47 Å². The lowest BCUT2D eigenvalue weighted by molar-refractivity contribution is 0.0207. The van der Waals surface area contributed by atoms with E-state index in [1.165, 1.54) is 31.2 Å². The Morgan fingerprint density at radius 3 is 2.39 bits per heavy atom. The van der Waals surface area contributed by atoms with Gasteiger partial charge in [-0.1, -0.05) is 42.5 Å². The summed E-state index contributed by atoms with van der Waals surface area (Å²) in [5, 5.41) is 3.68. The average molecular weight is 379 g/mol. The van der Waals surface area contributed by atoms with Gasteiger partial charge in [0.2, 0.25) is 0 Å². The molecule has 3 atom stereocenters. The van der Waals surface area contributed by atoms with Crippen molar-refractivity contribution in [1.29, 1.82) is 0 Å². The Balaban J connectivity index is 1.12. The maximum absolute atomic E-state index is 6.22. The number of hydrogen-bond acceptors (Lipinski definition) is 4. The molecule has 2 saturated heterocycles. The molecule has 2 aromatic carbocycles. The maximum atomic E-state index is 6.22. The van der Waals surface area contributed by atoms with E-state index in [0.717, 1.165) is 37.1 Å². The van der Waals surface area contributed by atoms with Crippen LogP contribution in [0.4, 0.5) is 0 Å². The SMILES string of the molecule is c1ccc(CNCC2CC3CCC(C2)N3CC2COc3ccccc3O2)cc1. The van der Waals surface area contributed by atoms with E-state index in [9.17, 15) is 0 Å². The molecule has 3 aliphatic heterocycles. The molecule has 0 radical (unpaired) electrons. The Hall–Kier alpha value is -2.04. The van der Waals surface area contributed by atoms with Crippen molar-refractivity contribution in [2.24, 2.45) is 5.92 Å². The molecule has 2 bridgehead atoms. The summed E-state index contributed by atoms with van der Waals surface area (Å²) in [6, 6.07) is 20.2. The van der Waals surface area contributed by atoms with Gasteiger partial charge in [-0.25, -0.2) is 0 Å². The van der Waals surface area contributed by atoms with Crippen LogP contribution in [0.1, 0.15) is 31.2 Å². The third-order valence-electron chi connectivity index (χ3n) is 6.57. The second kappa shape index (κ2) is 8.14. The molecular weight excluding hydrogens is 348 g/mol. The molecule has 3 aliphatic rings. The van der Waals surface area contributed by atoms with Crippen LogP contribution in [-0.2, 0) is 6.54 Å². The van der Waals surface area contributed by atoms with Crippen LogP contribution in [0.25, 0.3) is 0 Å². The molecule has 3 heterocycles. The van der Waals surface area contributed by atoms with E-state index in [-0.39, 0.29) is 6.10 Å². The second-order valence-electron chi connectivity index (χ2n) is 8.53. The highest BCUT2D eigenvalue weighted by atomic mass is 16.6. The first-order valence-corrected chi connectivity index (χ1v) is 10.7. The quantitative estimate of drug-likeness (QED) is 0.828. The van der Waals surface area contributed by atoms with Gasteiger partial charge in [-0.05, 0) is 55.8 Å². The number of nitrogens with one attached hydrogen (secondary N) is 1. The molecule has 0 spiro atoms. The van der Waals surface area contributed by atoms with Crippen LogP contribution in [0.5, 0.6) is 11.5 Å². The first-order chi connectivity index (χ1) is 13.8. The number of fused-ring (bicyclic) bond motifs is 3. The summed E-state index contributed by atoms with van der Waals surface area (Å²) in [6.07, 6.45) is 5.43. The predicted molar refractivity (Wildman–Crippen MR) is 111 cm³/mol. The third kappa shape index (κ3) is 3.89. The lowest BCUT2D eigenvalue weighted by atomic mass is 9.90. The monoisotopic (exact) mass is 378 g/mol. The fraction of sp³-hybridized carbons (Fsp3) is 0.500. The average Bonchev–Trinajstić information content (AvgIpc) is 2.96. The molecule has 0 saturated carbocycles. The van der Waals surface area contributed by atoms with Crippen LogP contribution in [0.3, 0.4) is 0 Å². The number of para-hydroxylation sites is 2. The Kier molecular flexibility index (Phi) is 5.24. The van der Waals surface area contributed by atoms with E-state index in [1.54, 1.807) is 0 Å². The van der Waals surface area contributed by atoms with Crippen molar-refractivity contribution in [2.75, 3.05) is 19.7 Å². The van der Waals surface area contributed by atoms with E-state index in [2.05, 4.69) is 40.5 Å². The first-order valence-electron chi connectivity index (χ1n) is 10.7. The number of piperidine rings is 1. The molecular formula is C24H30N2O2. The zero-order valence-electron chi connectivity index (χ0n) is 16.4. The van der Waals surface area contributed by atoms with Crippen molar-refractivity contribution in [3.05, 3.63) is 60.2 Å². The van der Waals surface area contributed by atoms with Gasteiger partial charge in [0, 0.05) is 25.2 Å². The molecule has 2 fully saturated rings. The van der Waals surface area contributed by atoms with E-state index < -0.39 is 0 Å². The highest BCUT2D eigenvalue weighted by Crippen LogP contribution is 2.39. The van der Waals surface area contributed by atoms with Gasteiger partial charge in [0.1, 0.15) is 12.7 Å². The van der Waals surface area contributed by atoms with Crippen LogP contribution in [0.15, 0.2) is 54.6 Å². The Morgan fingerprint density at radius 1 is 0.893 bits per heavy atom. The van der Waals surface area contributed by atoms with Crippen molar-refractivity contribution >= 4 is 0 Å². The summed E-state index contributed by atoms with van der Waals surface area (Å²) in [7, 11) is 0. The number of nitrogens with zero attached hydrogens (tertiary/aromatic N) is 1. The molecule has 1 N–H and O–H groups in total. The van der Waals surface area contributed by atoms with Crippen LogP contribution in [0.2, 0.25) is 0 Å². The lowest BCUT2D eigenvalue weighted by Gasteiger charge is -2.41. The molecule has 0 aliphatic carbocycles. The smallest absolute Gasteiger partial charge is 0.161 e. The van der Waals surface area contributed by atoms with Crippen LogP contribution in [0, 0.1) is 5.92 Å². The van der Waals surface area contributed by atoms with Crippen molar-refractivity contribution in [3.8, 4) is 11.5 Å². The number of benzene rings is 2.